The zero-order valence-electron chi connectivity index (χ0n) is 14.6. The number of H-pyrrole nitrogens is 1. The molecule has 1 heterocycles. The highest BCUT2D eigenvalue weighted by atomic mass is 32.2. The Labute approximate surface area is 154 Å². The number of nitrogens with one attached hydrogen (secondary N) is 2. The normalized spacial score (nSPS) is 11.1. The molecule has 0 atom stereocenters. The third-order valence-electron chi connectivity index (χ3n) is 4.03. The molecule has 2 aromatic carbocycles. The molecular weight excluding hydrogens is 346 g/mol. The van der Waals surface area contributed by atoms with Crippen molar-refractivity contribution in [1.29, 1.82) is 0 Å². The number of benzene rings is 2. The number of aromatic nitrogens is 1. The average molecular weight is 368 g/mol. The number of para-hydroxylation sites is 1. The van der Waals surface area contributed by atoms with Gasteiger partial charge in [-0.15, -0.1) is 0 Å². The Balaban J connectivity index is 1.76. The monoisotopic (exact) mass is 368 g/mol. The number of pyridine rings is 1. The topological polar surface area (TPSA) is 63.6 Å². The van der Waals surface area contributed by atoms with Crippen molar-refractivity contribution in [2.24, 2.45) is 0 Å². The molecule has 5 nitrogen and oxygen atoms in total. The van der Waals surface area contributed by atoms with Crippen molar-refractivity contribution < 1.29 is 13.4 Å². The van der Waals surface area contributed by atoms with Gasteiger partial charge in [0.25, 0.3) is 15.8 Å². The summed E-state index contributed by atoms with van der Waals surface area (Å²) >= 11 is 0. The van der Waals surface area contributed by atoms with E-state index in [2.05, 4.69) is 10.3 Å². The summed E-state index contributed by atoms with van der Waals surface area (Å²) in [6.45, 7) is 2.85. The second-order valence-corrected chi connectivity index (χ2v) is 7.64. The van der Waals surface area contributed by atoms with E-state index < -0.39 is 10.0 Å². The molecule has 0 aliphatic carbocycles. The summed E-state index contributed by atoms with van der Waals surface area (Å²) in [5.74, 6) is 0.760. The zero-order chi connectivity index (χ0) is 18.4. The lowest BCUT2D eigenvalue weighted by Crippen LogP contribution is -2.31. The van der Waals surface area contributed by atoms with Crippen molar-refractivity contribution in [2.45, 2.75) is 18.4 Å². The summed E-state index contributed by atoms with van der Waals surface area (Å²) in [7, 11) is -3.61. The summed E-state index contributed by atoms with van der Waals surface area (Å²) in [6, 6.07) is 22.5. The number of anilines is 2. The third-order valence-corrected chi connectivity index (χ3v) is 5.93. The summed E-state index contributed by atoms with van der Waals surface area (Å²) < 4.78 is 27.3. The van der Waals surface area contributed by atoms with E-state index in [1.165, 1.54) is 10.5 Å². The Bertz CT molecular complexity index is 928. The average Bonchev–Trinajstić information content (AvgIpc) is 2.69. The molecule has 0 saturated carbocycles. The molecule has 0 bridgehead atoms. The SMILES string of the molecule is CCN(c1ccccc1)S(=O)(=O)c1ccc(NCc2ccccc2)[nH+]c1. The molecule has 3 rings (SSSR count). The van der Waals surface area contributed by atoms with Crippen molar-refractivity contribution in [3.05, 3.63) is 84.6 Å². The molecule has 0 aliphatic rings. The van der Waals surface area contributed by atoms with Gasteiger partial charge in [0.1, 0.15) is 17.6 Å². The molecule has 134 valence electrons. The highest BCUT2D eigenvalue weighted by Gasteiger charge is 2.24. The van der Waals surface area contributed by atoms with Gasteiger partial charge in [0, 0.05) is 12.6 Å². The molecule has 0 fully saturated rings. The van der Waals surface area contributed by atoms with Gasteiger partial charge in [0.2, 0.25) is 0 Å². The van der Waals surface area contributed by atoms with Crippen LogP contribution in [0.15, 0.2) is 83.9 Å². The molecule has 0 amide bonds. The number of sulfonamides is 1. The lowest BCUT2D eigenvalue weighted by atomic mass is 10.2. The van der Waals surface area contributed by atoms with E-state index in [4.69, 9.17) is 0 Å². The van der Waals surface area contributed by atoms with E-state index in [9.17, 15) is 8.42 Å². The molecule has 0 radical (unpaired) electrons. The van der Waals surface area contributed by atoms with Gasteiger partial charge in [-0.25, -0.2) is 13.4 Å². The fourth-order valence-electron chi connectivity index (χ4n) is 2.69. The Morgan fingerprint density at radius 2 is 1.58 bits per heavy atom. The predicted octanol–water partition coefficient (Wildman–Crippen LogP) is 3.33. The molecule has 1 aromatic heterocycles. The maximum atomic E-state index is 12.9. The van der Waals surface area contributed by atoms with Gasteiger partial charge >= 0.3 is 0 Å². The number of rotatable bonds is 7. The third kappa shape index (κ3) is 4.03. The smallest absolute Gasteiger partial charge is 0.270 e. The van der Waals surface area contributed by atoms with E-state index in [1.807, 2.05) is 55.5 Å². The Hall–Kier alpha value is -2.86. The van der Waals surface area contributed by atoms with Gasteiger partial charge < -0.3 is 0 Å². The van der Waals surface area contributed by atoms with Crippen LogP contribution in [0.1, 0.15) is 12.5 Å². The van der Waals surface area contributed by atoms with Crippen molar-refractivity contribution in [1.82, 2.24) is 0 Å². The number of aromatic amines is 1. The van der Waals surface area contributed by atoms with Gasteiger partial charge in [0.15, 0.2) is 0 Å². The van der Waals surface area contributed by atoms with Crippen molar-refractivity contribution >= 4 is 21.5 Å². The van der Waals surface area contributed by atoms with Crippen LogP contribution in [0.4, 0.5) is 11.5 Å². The minimum atomic E-state index is -3.61. The van der Waals surface area contributed by atoms with Gasteiger partial charge in [-0.3, -0.25) is 9.62 Å². The van der Waals surface area contributed by atoms with Crippen LogP contribution >= 0.6 is 0 Å². The van der Waals surface area contributed by atoms with E-state index in [0.717, 1.165) is 11.4 Å². The van der Waals surface area contributed by atoms with Crippen LogP contribution in [0, 0.1) is 0 Å². The standard InChI is InChI=1S/C20H21N3O2S/c1-2-23(18-11-7-4-8-12-18)26(24,25)19-13-14-20(22-16-19)21-15-17-9-5-3-6-10-17/h3-14,16H,2,15H2,1H3,(H,21,22)/p+1. The summed E-state index contributed by atoms with van der Waals surface area (Å²) in [5.41, 5.74) is 1.81. The summed E-state index contributed by atoms with van der Waals surface area (Å²) in [4.78, 5) is 3.26. The van der Waals surface area contributed by atoms with Crippen LogP contribution in [-0.4, -0.2) is 15.0 Å². The predicted molar refractivity (Wildman–Crippen MR) is 103 cm³/mol. The second-order valence-electron chi connectivity index (χ2n) is 5.78. The first-order valence-electron chi connectivity index (χ1n) is 8.48. The van der Waals surface area contributed by atoms with Gasteiger partial charge in [-0.05, 0) is 30.7 Å². The van der Waals surface area contributed by atoms with E-state index in [1.54, 1.807) is 24.3 Å². The number of hydrogen-bond donors (Lipinski definition) is 1. The maximum Gasteiger partial charge on any atom is 0.272 e. The van der Waals surface area contributed by atoms with Crippen LogP contribution in [0.5, 0.6) is 0 Å². The molecule has 0 saturated heterocycles. The van der Waals surface area contributed by atoms with Crippen molar-refractivity contribution in [3.63, 3.8) is 0 Å². The highest BCUT2D eigenvalue weighted by molar-refractivity contribution is 7.92. The lowest BCUT2D eigenvalue weighted by Gasteiger charge is -2.22. The summed E-state index contributed by atoms with van der Waals surface area (Å²) in [5, 5.41) is 3.25. The van der Waals surface area contributed by atoms with Crippen LogP contribution in [0.25, 0.3) is 0 Å². The Kier molecular flexibility index (Phi) is 5.53. The van der Waals surface area contributed by atoms with E-state index in [-0.39, 0.29) is 4.90 Å². The molecular formula is C20H22N3O2S+. The molecule has 3 aromatic rings. The van der Waals surface area contributed by atoms with Crippen LogP contribution in [0.2, 0.25) is 0 Å². The highest BCUT2D eigenvalue weighted by Crippen LogP contribution is 2.22. The second kappa shape index (κ2) is 8.01. The molecule has 0 unspecified atom stereocenters. The van der Waals surface area contributed by atoms with Crippen LogP contribution in [-0.2, 0) is 16.6 Å². The van der Waals surface area contributed by atoms with Crippen LogP contribution < -0.4 is 14.6 Å². The van der Waals surface area contributed by atoms with Gasteiger partial charge in [-0.1, -0.05) is 48.5 Å². The van der Waals surface area contributed by atoms with E-state index >= 15 is 0 Å². The first kappa shape index (κ1) is 17.9. The summed E-state index contributed by atoms with van der Waals surface area (Å²) in [6.07, 6.45) is 1.52. The zero-order valence-corrected chi connectivity index (χ0v) is 15.4. The van der Waals surface area contributed by atoms with E-state index in [0.29, 0.717) is 18.8 Å². The fourth-order valence-corrected chi connectivity index (χ4v) is 4.13. The van der Waals surface area contributed by atoms with Gasteiger partial charge in [-0.2, -0.15) is 0 Å². The fraction of sp³-hybridized carbons (Fsp3) is 0.150. The van der Waals surface area contributed by atoms with Gasteiger partial charge in [0.05, 0.1) is 5.69 Å². The largest absolute Gasteiger partial charge is 0.272 e. The quantitative estimate of drug-likeness (QED) is 0.696. The minimum absolute atomic E-state index is 0.230. The van der Waals surface area contributed by atoms with Crippen LogP contribution in [0.3, 0.4) is 0 Å². The molecule has 0 spiro atoms. The Morgan fingerprint density at radius 1 is 0.923 bits per heavy atom. The molecule has 0 aliphatic heterocycles. The van der Waals surface area contributed by atoms with Crippen molar-refractivity contribution in [2.75, 3.05) is 16.2 Å². The number of hydrogen-bond acceptors (Lipinski definition) is 3. The first-order chi connectivity index (χ1) is 12.6. The number of nitrogens with zero attached hydrogens (tertiary/aromatic N) is 1. The maximum absolute atomic E-state index is 12.9. The van der Waals surface area contributed by atoms with Crippen molar-refractivity contribution in [3.8, 4) is 0 Å². The molecule has 26 heavy (non-hydrogen) atoms. The lowest BCUT2D eigenvalue weighted by molar-refractivity contribution is -0.364. The molecule has 6 heteroatoms. The minimum Gasteiger partial charge on any atom is -0.270 e. The first-order valence-corrected chi connectivity index (χ1v) is 9.92. The molecule has 2 N–H and O–H groups in total. The Morgan fingerprint density at radius 3 is 2.15 bits per heavy atom.